The molecule has 2 aliphatic rings. The highest BCUT2D eigenvalue weighted by atomic mass is 16.4. The second kappa shape index (κ2) is 9.43. The summed E-state index contributed by atoms with van der Waals surface area (Å²) < 4.78 is 0. The summed E-state index contributed by atoms with van der Waals surface area (Å²) in [6.07, 6.45) is 3.28. The first-order valence-electron chi connectivity index (χ1n) is 9.96. The number of nitrogens with zero attached hydrogens (tertiary/aromatic N) is 2. The number of hydrogen-bond donors (Lipinski definition) is 3. The Morgan fingerprint density at radius 2 is 1.67 bits per heavy atom. The van der Waals surface area contributed by atoms with E-state index in [1.165, 1.54) is 4.90 Å². The number of aliphatic carboxylic acids is 1. The minimum Gasteiger partial charge on any atom is -0.511 e. The molecule has 0 atom stereocenters. The molecule has 0 aliphatic carbocycles. The summed E-state index contributed by atoms with van der Waals surface area (Å²) in [6.45, 7) is 1.33. The Morgan fingerprint density at radius 1 is 1.00 bits per heavy atom. The van der Waals surface area contributed by atoms with Crippen molar-refractivity contribution in [2.24, 2.45) is 0 Å². The highest BCUT2D eigenvalue weighted by molar-refractivity contribution is 6.19. The molecular weight excluding hydrogens is 390 g/mol. The zero-order chi connectivity index (χ0) is 21.7. The van der Waals surface area contributed by atoms with Crippen molar-refractivity contribution >= 4 is 23.7 Å². The summed E-state index contributed by atoms with van der Waals surface area (Å²) in [4.78, 5) is 51.2. The van der Waals surface area contributed by atoms with E-state index in [0.717, 1.165) is 37.9 Å². The van der Waals surface area contributed by atoms with Gasteiger partial charge < -0.3 is 25.3 Å². The zero-order valence-corrected chi connectivity index (χ0v) is 16.6. The molecule has 0 radical (unpaired) electrons. The highest BCUT2D eigenvalue weighted by Crippen LogP contribution is 2.20. The molecule has 1 fully saturated rings. The average molecular weight is 415 g/mol. The number of carbonyl (C=O) groups is 4. The number of carboxylic acid groups (broad SMARTS) is 1. The predicted octanol–water partition coefficient (Wildman–Crippen LogP) is 1.06. The number of carbonyl (C=O) groups excluding carboxylic acids is 3. The van der Waals surface area contributed by atoms with E-state index in [-0.39, 0.29) is 31.2 Å². The van der Waals surface area contributed by atoms with Crippen molar-refractivity contribution in [3.8, 4) is 0 Å². The summed E-state index contributed by atoms with van der Waals surface area (Å²) in [5.41, 5.74) is 0.946. The molecule has 0 bridgehead atoms. The maximum absolute atomic E-state index is 12.6. The van der Waals surface area contributed by atoms with Crippen LogP contribution < -0.4 is 5.32 Å². The number of piperidine rings is 1. The predicted molar refractivity (Wildman–Crippen MR) is 107 cm³/mol. The molecule has 2 aliphatic heterocycles. The van der Waals surface area contributed by atoms with Crippen molar-refractivity contribution in [3.05, 3.63) is 46.7 Å². The van der Waals surface area contributed by atoms with Crippen molar-refractivity contribution < 1.29 is 29.4 Å². The number of nitrogens with one attached hydrogen (secondary N) is 1. The van der Waals surface area contributed by atoms with Crippen LogP contribution in [0, 0.1) is 0 Å². The van der Waals surface area contributed by atoms with Gasteiger partial charge in [-0.15, -0.1) is 0 Å². The topological polar surface area (TPSA) is 127 Å². The zero-order valence-electron chi connectivity index (χ0n) is 16.6. The second-order valence-electron chi connectivity index (χ2n) is 7.42. The number of aliphatic hydroxyl groups excluding tert-OH is 1. The SMILES string of the molecule is O=C(O)CNC(=O)C1=C(O)CCN(Cc2ccc(C(=O)N3CCCCC3)cc2)C1=O. The summed E-state index contributed by atoms with van der Waals surface area (Å²) in [6, 6.07) is 7.00. The van der Waals surface area contributed by atoms with E-state index in [9.17, 15) is 24.3 Å². The van der Waals surface area contributed by atoms with E-state index in [2.05, 4.69) is 5.32 Å². The van der Waals surface area contributed by atoms with E-state index < -0.39 is 29.9 Å². The van der Waals surface area contributed by atoms with Crippen molar-refractivity contribution in [1.82, 2.24) is 15.1 Å². The standard InChI is InChI=1S/C21H25N3O6/c25-16-8-11-24(21(30)18(16)19(28)22-12-17(26)27)13-14-4-6-15(7-5-14)20(29)23-9-2-1-3-10-23/h4-7,25H,1-3,8-13H2,(H,22,28)(H,26,27). The van der Waals surface area contributed by atoms with Crippen molar-refractivity contribution in [2.45, 2.75) is 32.2 Å². The summed E-state index contributed by atoms with van der Waals surface area (Å²) >= 11 is 0. The third-order valence-corrected chi connectivity index (χ3v) is 5.25. The number of benzene rings is 1. The molecule has 3 N–H and O–H groups in total. The fourth-order valence-electron chi connectivity index (χ4n) is 3.62. The normalized spacial score (nSPS) is 17.1. The lowest BCUT2D eigenvalue weighted by molar-refractivity contribution is -0.138. The van der Waals surface area contributed by atoms with E-state index >= 15 is 0 Å². The number of aliphatic hydroxyl groups is 1. The van der Waals surface area contributed by atoms with Crippen LogP contribution in [0.3, 0.4) is 0 Å². The number of carboxylic acids is 1. The molecule has 3 amide bonds. The molecule has 0 aromatic heterocycles. The highest BCUT2D eigenvalue weighted by Gasteiger charge is 2.32. The van der Waals surface area contributed by atoms with Gasteiger partial charge in [-0.3, -0.25) is 19.2 Å². The van der Waals surface area contributed by atoms with Gasteiger partial charge in [-0.1, -0.05) is 12.1 Å². The van der Waals surface area contributed by atoms with Crippen LogP contribution in [0.2, 0.25) is 0 Å². The number of rotatable bonds is 6. The van der Waals surface area contributed by atoms with E-state index in [0.29, 0.717) is 5.56 Å². The van der Waals surface area contributed by atoms with Crippen LogP contribution in [0.5, 0.6) is 0 Å². The molecule has 1 saturated heterocycles. The molecule has 0 spiro atoms. The Labute approximate surface area is 174 Å². The van der Waals surface area contributed by atoms with Gasteiger partial charge >= 0.3 is 5.97 Å². The Morgan fingerprint density at radius 3 is 2.30 bits per heavy atom. The molecule has 1 aromatic rings. The van der Waals surface area contributed by atoms with Crippen LogP contribution in [-0.2, 0) is 20.9 Å². The first-order valence-corrected chi connectivity index (χ1v) is 9.96. The van der Waals surface area contributed by atoms with Crippen molar-refractivity contribution in [1.29, 1.82) is 0 Å². The molecule has 30 heavy (non-hydrogen) atoms. The molecule has 3 rings (SSSR count). The van der Waals surface area contributed by atoms with Crippen LogP contribution in [0.4, 0.5) is 0 Å². The Balaban J connectivity index is 1.64. The minimum absolute atomic E-state index is 0.000502. The van der Waals surface area contributed by atoms with E-state index in [1.807, 2.05) is 4.90 Å². The fourth-order valence-corrected chi connectivity index (χ4v) is 3.62. The molecule has 1 aromatic carbocycles. The van der Waals surface area contributed by atoms with Crippen molar-refractivity contribution in [3.63, 3.8) is 0 Å². The summed E-state index contributed by atoms with van der Waals surface area (Å²) in [5.74, 6) is -3.16. The maximum atomic E-state index is 12.6. The molecule has 0 saturated carbocycles. The van der Waals surface area contributed by atoms with Gasteiger partial charge in [0.15, 0.2) is 0 Å². The quantitative estimate of drug-likeness (QED) is 0.596. The largest absolute Gasteiger partial charge is 0.511 e. The van der Waals surface area contributed by atoms with Crippen LogP contribution in [0.1, 0.15) is 41.6 Å². The fraction of sp³-hybridized carbons (Fsp3) is 0.429. The summed E-state index contributed by atoms with van der Waals surface area (Å²) in [7, 11) is 0. The van der Waals surface area contributed by atoms with Crippen molar-refractivity contribution in [2.75, 3.05) is 26.2 Å². The average Bonchev–Trinajstić information content (AvgIpc) is 2.75. The van der Waals surface area contributed by atoms with Gasteiger partial charge in [-0.05, 0) is 37.0 Å². The Bertz CT molecular complexity index is 871. The Hall–Kier alpha value is -3.36. The number of amides is 3. The van der Waals surface area contributed by atoms with Gasteiger partial charge in [0.05, 0.1) is 0 Å². The van der Waals surface area contributed by atoms with Crippen LogP contribution in [0.15, 0.2) is 35.6 Å². The van der Waals surface area contributed by atoms with E-state index in [1.54, 1.807) is 24.3 Å². The molecule has 9 nitrogen and oxygen atoms in total. The lowest BCUT2D eigenvalue weighted by Crippen LogP contribution is -2.43. The third-order valence-electron chi connectivity index (χ3n) is 5.25. The van der Waals surface area contributed by atoms with Gasteiger partial charge in [-0.25, -0.2) is 0 Å². The molecule has 0 unspecified atom stereocenters. The smallest absolute Gasteiger partial charge is 0.322 e. The maximum Gasteiger partial charge on any atom is 0.322 e. The van der Waals surface area contributed by atoms with Crippen LogP contribution in [0.25, 0.3) is 0 Å². The minimum atomic E-state index is -1.25. The summed E-state index contributed by atoms with van der Waals surface area (Å²) in [5, 5.41) is 20.7. The molecule has 2 heterocycles. The lowest BCUT2D eigenvalue weighted by atomic mass is 10.0. The van der Waals surface area contributed by atoms with Gasteiger partial charge in [0.25, 0.3) is 17.7 Å². The van der Waals surface area contributed by atoms with Gasteiger partial charge in [0.2, 0.25) is 0 Å². The number of likely N-dealkylation sites (tertiary alicyclic amines) is 1. The number of hydrogen-bond acceptors (Lipinski definition) is 5. The lowest BCUT2D eigenvalue weighted by Gasteiger charge is -2.28. The Kier molecular flexibility index (Phi) is 6.71. The van der Waals surface area contributed by atoms with Gasteiger partial charge in [0, 0.05) is 38.2 Å². The van der Waals surface area contributed by atoms with Gasteiger partial charge in [0.1, 0.15) is 17.9 Å². The first kappa shape index (κ1) is 21.4. The second-order valence-corrected chi connectivity index (χ2v) is 7.42. The van der Waals surface area contributed by atoms with Crippen LogP contribution >= 0.6 is 0 Å². The third kappa shape index (κ3) is 4.97. The molecule has 9 heteroatoms. The monoisotopic (exact) mass is 415 g/mol. The van der Waals surface area contributed by atoms with E-state index in [4.69, 9.17) is 5.11 Å². The molecular formula is C21H25N3O6. The van der Waals surface area contributed by atoms with Crippen LogP contribution in [-0.4, -0.2) is 69.9 Å². The van der Waals surface area contributed by atoms with Gasteiger partial charge in [-0.2, -0.15) is 0 Å². The molecule has 160 valence electrons. The first-order chi connectivity index (χ1) is 14.4.